The van der Waals surface area contributed by atoms with Crippen LogP contribution in [0.15, 0.2) is 36.7 Å². The molecule has 1 aromatic heterocycles. The van der Waals surface area contributed by atoms with Crippen LogP contribution in [0.3, 0.4) is 0 Å². The summed E-state index contributed by atoms with van der Waals surface area (Å²) < 4.78 is 12.1. The maximum absolute atomic E-state index is 10.7. The normalized spacial score (nSPS) is 10.2. The number of rotatable bonds is 6. The molecule has 0 amide bonds. The van der Waals surface area contributed by atoms with Crippen molar-refractivity contribution >= 4 is 5.97 Å². The number of nitrogens with zero attached hydrogens (tertiary/aromatic N) is 2. The van der Waals surface area contributed by atoms with Gasteiger partial charge in [0.05, 0.1) is 25.4 Å². The van der Waals surface area contributed by atoms with Gasteiger partial charge in [0.15, 0.2) is 0 Å². The van der Waals surface area contributed by atoms with Crippen molar-refractivity contribution in [2.75, 3.05) is 13.7 Å². The molecule has 0 saturated carbocycles. The largest absolute Gasteiger partial charge is 0.497 e. The van der Waals surface area contributed by atoms with E-state index in [2.05, 4.69) is 5.10 Å². The van der Waals surface area contributed by atoms with Gasteiger partial charge in [0, 0.05) is 6.20 Å². The Kier molecular flexibility index (Phi) is 4.02. The van der Waals surface area contributed by atoms with Crippen molar-refractivity contribution < 1.29 is 19.4 Å². The van der Waals surface area contributed by atoms with Crippen molar-refractivity contribution in [3.8, 4) is 11.5 Å². The predicted octanol–water partition coefficient (Wildman–Crippen LogP) is 1.67. The Hall–Kier alpha value is -2.50. The first-order valence-corrected chi connectivity index (χ1v) is 5.71. The second-order valence-corrected chi connectivity index (χ2v) is 3.82. The summed E-state index contributed by atoms with van der Waals surface area (Å²) in [7, 11) is 1.60. The third-order valence-electron chi connectivity index (χ3n) is 2.53. The highest BCUT2D eigenvalue weighted by molar-refractivity contribution is 5.86. The highest BCUT2D eigenvalue weighted by Crippen LogP contribution is 2.16. The van der Waals surface area contributed by atoms with Crippen molar-refractivity contribution in [2.45, 2.75) is 6.54 Å². The lowest BCUT2D eigenvalue weighted by Gasteiger charge is -2.07. The fraction of sp³-hybridized carbons (Fsp3) is 0.231. The van der Waals surface area contributed by atoms with E-state index < -0.39 is 5.97 Å². The van der Waals surface area contributed by atoms with E-state index in [1.165, 1.54) is 17.1 Å². The fourth-order valence-corrected chi connectivity index (χ4v) is 1.53. The number of methoxy groups -OCH3 is 1. The maximum atomic E-state index is 10.7. The lowest BCUT2D eigenvalue weighted by atomic mass is 10.3. The molecule has 0 aliphatic heterocycles. The summed E-state index contributed by atoms with van der Waals surface area (Å²) in [6.45, 7) is 0.895. The van der Waals surface area contributed by atoms with Gasteiger partial charge >= 0.3 is 5.97 Å². The molecule has 1 N–H and O–H groups in total. The molecule has 2 aromatic rings. The SMILES string of the molecule is COc1ccc(OCCn2cc(C(=O)O)cn2)cc1. The minimum Gasteiger partial charge on any atom is -0.497 e. The predicted molar refractivity (Wildman–Crippen MR) is 67.7 cm³/mol. The van der Waals surface area contributed by atoms with Gasteiger partial charge in [0.25, 0.3) is 0 Å². The molecular formula is C13H14N2O4. The van der Waals surface area contributed by atoms with Crippen LogP contribution in [0.2, 0.25) is 0 Å². The summed E-state index contributed by atoms with van der Waals surface area (Å²) in [5.41, 5.74) is 0.171. The topological polar surface area (TPSA) is 73.6 Å². The van der Waals surface area contributed by atoms with E-state index in [4.69, 9.17) is 14.6 Å². The molecule has 6 nitrogen and oxygen atoms in total. The van der Waals surface area contributed by atoms with Crippen LogP contribution < -0.4 is 9.47 Å². The molecule has 6 heteroatoms. The summed E-state index contributed by atoms with van der Waals surface area (Å²) >= 11 is 0. The molecule has 0 fully saturated rings. The quantitative estimate of drug-likeness (QED) is 0.857. The van der Waals surface area contributed by atoms with Gasteiger partial charge in [-0.05, 0) is 24.3 Å². The fourth-order valence-electron chi connectivity index (χ4n) is 1.53. The van der Waals surface area contributed by atoms with Crippen molar-refractivity contribution in [1.82, 2.24) is 9.78 Å². The number of ether oxygens (including phenoxy) is 2. The van der Waals surface area contributed by atoms with Crippen molar-refractivity contribution in [3.63, 3.8) is 0 Å². The van der Waals surface area contributed by atoms with Crippen molar-refractivity contribution in [2.24, 2.45) is 0 Å². The van der Waals surface area contributed by atoms with Crippen LogP contribution in [0.5, 0.6) is 11.5 Å². The molecule has 0 aliphatic rings. The number of hydrogen-bond donors (Lipinski definition) is 1. The van der Waals surface area contributed by atoms with Crippen molar-refractivity contribution in [1.29, 1.82) is 0 Å². The molecule has 0 aliphatic carbocycles. The van der Waals surface area contributed by atoms with E-state index >= 15 is 0 Å². The number of aromatic nitrogens is 2. The first-order valence-electron chi connectivity index (χ1n) is 5.71. The molecule has 0 radical (unpaired) electrons. The third kappa shape index (κ3) is 3.48. The van der Waals surface area contributed by atoms with Crippen LogP contribution in [-0.4, -0.2) is 34.6 Å². The van der Waals surface area contributed by atoms with Gasteiger partial charge in [-0.15, -0.1) is 0 Å². The second-order valence-electron chi connectivity index (χ2n) is 3.82. The Morgan fingerprint density at radius 1 is 1.32 bits per heavy atom. The minimum absolute atomic E-state index is 0.171. The Morgan fingerprint density at radius 3 is 2.58 bits per heavy atom. The summed E-state index contributed by atoms with van der Waals surface area (Å²) in [6, 6.07) is 7.24. The molecule has 0 spiro atoms. The average Bonchev–Trinajstić information content (AvgIpc) is 2.89. The average molecular weight is 262 g/mol. The van der Waals surface area contributed by atoms with E-state index in [1.807, 2.05) is 24.3 Å². The Balaban J connectivity index is 1.83. The summed E-state index contributed by atoms with van der Waals surface area (Å²) in [5, 5.41) is 12.7. The zero-order valence-corrected chi connectivity index (χ0v) is 10.4. The lowest BCUT2D eigenvalue weighted by molar-refractivity contribution is 0.0696. The van der Waals surface area contributed by atoms with Gasteiger partial charge in [-0.3, -0.25) is 4.68 Å². The van der Waals surface area contributed by atoms with Gasteiger partial charge in [0.1, 0.15) is 18.1 Å². The third-order valence-corrected chi connectivity index (χ3v) is 2.53. The van der Waals surface area contributed by atoms with E-state index in [0.717, 1.165) is 11.5 Å². The highest BCUT2D eigenvalue weighted by Gasteiger charge is 2.05. The van der Waals surface area contributed by atoms with Gasteiger partial charge in [0.2, 0.25) is 0 Å². The molecule has 0 atom stereocenters. The summed E-state index contributed by atoms with van der Waals surface area (Å²) in [5.74, 6) is 0.513. The number of aromatic carboxylic acids is 1. The van der Waals surface area contributed by atoms with E-state index in [1.54, 1.807) is 7.11 Å². The van der Waals surface area contributed by atoms with Crippen molar-refractivity contribution in [3.05, 3.63) is 42.2 Å². The number of carboxylic acid groups (broad SMARTS) is 1. The number of carboxylic acids is 1. The van der Waals surface area contributed by atoms with Gasteiger partial charge < -0.3 is 14.6 Å². The van der Waals surface area contributed by atoms with Crippen LogP contribution in [0.25, 0.3) is 0 Å². The smallest absolute Gasteiger partial charge is 0.338 e. The molecule has 0 bridgehead atoms. The van der Waals surface area contributed by atoms with Crippen LogP contribution in [0.1, 0.15) is 10.4 Å². The summed E-state index contributed by atoms with van der Waals surface area (Å²) in [6.07, 6.45) is 2.79. The van der Waals surface area contributed by atoms with Gasteiger partial charge in [-0.25, -0.2) is 4.79 Å². The molecule has 2 rings (SSSR count). The first-order chi connectivity index (χ1) is 9.19. The van der Waals surface area contributed by atoms with Crippen LogP contribution in [-0.2, 0) is 6.54 Å². The Bertz CT molecular complexity index is 548. The van der Waals surface area contributed by atoms with Gasteiger partial charge in [-0.1, -0.05) is 0 Å². The molecule has 0 unspecified atom stereocenters. The van der Waals surface area contributed by atoms with Crippen LogP contribution in [0.4, 0.5) is 0 Å². The molecule has 19 heavy (non-hydrogen) atoms. The molecular weight excluding hydrogens is 248 g/mol. The zero-order chi connectivity index (χ0) is 13.7. The lowest BCUT2D eigenvalue weighted by Crippen LogP contribution is -2.08. The standard InChI is InChI=1S/C13H14N2O4/c1-18-11-2-4-12(5-3-11)19-7-6-15-9-10(8-14-15)13(16)17/h2-5,8-9H,6-7H2,1H3,(H,16,17). The number of carbonyl (C=O) groups is 1. The van der Waals surface area contributed by atoms with E-state index in [9.17, 15) is 4.79 Å². The van der Waals surface area contributed by atoms with E-state index in [-0.39, 0.29) is 5.56 Å². The molecule has 1 aromatic carbocycles. The van der Waals surface area contributed by atoms with E-state index in [0.29, 0.717) is 13.2 Å². The zero-order valence-electron chi connectivity index (χ0n) is 10.4. The second kappa shape index (κ2) is 5.90. The molecule has 0 saturated heterocycles. The number of hydrogen-bond acceptors (Lipinski definition) is 4. The van der Waals surface area contributed by atoms with Crippen LogP contribution in [0, 0.1) is 0 Å². The number of benzene rings is 1. The minimum atomic E-state index is -0.984. The molecule has 100 valence electrons. The maximum Gasteiger partial charge on any atom is 0.338 e. The first kappa shape index (κ1) is 12.9. The summed E-state index contributed by atoms with van der Waals surface area (Å²) in [4.78, 5) is 10.7. The van der Waals surface area contributed by atoms with Crippen LogP contribution >= 0.6 is 0 Å². The highest BCUT2D eigenvalue weighted by atomic mass is 16.5. The van der Waals surface area contributed by atoms with Gasteiger partial charge in [-0.2, -0.15) is 5.10 Å². The monoisotopic (exact) mass is 262 g/mol. The molecule has 1 heterocycles. The Morgan fingerprint density at radius 2 is 2.00 bits per heavy atom. The Labute approximate surface area is 110 Å².